The van der Waals surface area contributed by atoms with Crippen molar-refractivity contribution in [3.63, 3.8) is 0 Å². The molecule has 1 amide bonds. The van der Waals surface area contributed by atoms with Crippen LogP contribution in [0.15, 0.2) is 72.9 Å². The fourth-order valence-electron chi connectivity index (χ4n) is 7.55. The Balaban J connectivity index is 1.59. The Morgan fingerprint density at radius 2 is 1.01 bits per heavy atom. The second kappa shape index (κ2) is 32.9. The lowest BCUT2D eigenvalue weighted by molar-refractivity contribution is -0.379. The minimum Gasteiger partial charge on any atom is -0.394 e. The van der Waals surface area contributed by atoms with Crippen molar-refractivity contribution in [2.75, 3.05) is 26.4 Å². The smallest absolute Gasteiger partial charge is 0.224 e. The van der Waals surface area contributed by atoms with Crippen LogP contribution in [0.3, 0.4) is 0 Å². The van der Waals surface area contributed by atoms with Crippen molar-refractivity contribution in [2.45, 2.75) is 195 Å². The number of aliphatic hydroxyl groups is 11. The summed E-state index contributed by atoms with van der Waals surface area (Å²) < 4.78 is 33.9. The van der Waals surface area contributed by atoms with Gasteiger partial charge in [0.15, 0.2) is 18.9 Å². The fourth-order valence-corrected chi connectivity index (χ4v) is 7.55. The molecule has 0 saturated carbocycles. The molecule has 0 bridgehead atoms. The molecular formula is C48H79NO18. The van der Waals surface area contributed by atoms with E-state index in [9.17, 15) is 61.0 Å². The van der Waals surface area contributed by atoms with E-state index in [4.69, 9.17) is 28.4 Å². The van der Waals surface area contributed by atoms with Crippen LogP contribution in [0.4, 0.5) is 0 Å². The molecule has 3 saturated heterocycles. The van der Waals surface area contributed by atoms with Gasteiger partial charge in [0.25, 0.3) is 0 Å². The van der Waals surface area contributed by atoms with E-state index in [1.165, 1.54) is 0 Å². The fraction of sp³-hybridized carbons (Fsp3) is 0.729. The molecule has 0 aromatic rings. The molecule has 0 aromatic heterocycles. The van der Waals surface area contributed by atoms with E-state index in [0.29, 0.717) is 12.8 Å². The van der Waals surface area contributed by atoms with Crippen LogP contribution in [-0.4, -0.2) is 193 Å². The number of unbranched alkanes of at least 4 members (excludes halogenated alkanes) is 5. The molecule has 3 fully saturated rings. The Labute approximate surface area is 394 Å². The predicted molar refractivity (Wildman–Crippen MR) is 245 cm³/mol. The maximum atomic E-state index is 13.1. The molecule has 0 radical (unpaired) electrons. The minimum absolute atomic E-state index is 0.00626. The van der Waals surface area contributed by atoms with Gasteiger partial charge in [0.2, 0.25) is 5.91 Å². The Kier molecular flexibility index (Phi) is 28.8. The number of ether oxygens (including phenoxy) is 6. The van der Waals surface area contributed by atoms with Gasteiger partial charge in [-0.2, -0.15) is 0 Å². The zero-order chi connectivity index (χ0) is 49.1. The number of nitrogens with one attached hydrogen (secondary N) is 1. The quantitative estimate of drug-likeness (QED) is 0.0342. The summed E-state index contributed by atoms with van der Waals surface area (Å²) in [7, 11) is 0. The van der Waals surface area contributed by atoms with Crippen LogP contribution in [0.1, 0.15) is 90.9 Å². The number of hydrogen-bond donors (Lipinski definition) is 12. The van der Waals surface area contributed by atoms with Crippen molar-refractivity contribution in [1.29, 1.82) is 0 Å². The van der Waals surface area contributed by atoms with Crippen LogP contribution in [0.2, 0.25) is 0 Å². The summed E-state index contributed by atoms with van der Waals surface area (Å²) in [5.41, 5.74) is 0. The van der Waals surface area contributed by atoms with Crippen LogP contribution in [0.5, 0.6) is 0 Å². The van der Waals surface area contributed by atoms with Crippen molar-refractivity contribution in [3.8, 4) is 0 Å². The van der Waals surface area contributed by atoms with Gasteiger partial charge in [0.1, 0.15) is 73.2 Å². The van der Waals surface area contributed by atoms with E-state index in [2.05, 4.69) is 55.6 Å². The first-order valence-corrected chi connectivity index (χ1v) is 23.7. The Hall–Kier alpha value is -2.77. The maximum Gasteiger partial charge on any atom is 0.224 e. The average Bonchev–Trinajstić information content (AvgIpc) is 3.32. The molecule has 19 heteroatoms. The van der Waals surface area contributed by atoms with Crippen LogP contribution in [-0.2, 0) is 33.2 Å². The monoisotopic (exact) mass is 958 g/mol. The summed E-state index contributed by atoms with van der Waals surface area (Å²) in [6.07, 6.45) is 6.97. The van der Waals surface area contributed by atoms with Gasteiger partial charge in [-0.25, -0.2) is 0 Å². The number of aliphatic hydroxyl groups excluding tert-OH is 11. The number of carbonyl (C=O) groups is 1. The molecule has 12 N–H and O–H groups in total. The molecule has 67 heavy (non-hydrogen) atoms. The summed E-state index contributed by atoms with van der Waals surface area (Å²) in [6.45, 7) is 1.39. The first-order chi connectivity index (χ1) is 32.3. The molecular weight excluding hydrogens is 879 g/mol. The third-order valence-corrected chi connectivity index (χ3v) is 11.5. The number of rotatable bonds is 30. The molecule has 0 spiro atoms. The van der Waals surface area contributed by atoms with Crippen LogP contribution in [0.25, 0.3) is 0 Å². The first-order valence-electron chi connectivity index (χ1n) is 23.7. The zero-order valence-electron chi connectivity index (χ0n) is 38.8. The largest absolute Gasteiger partial charge is 0.394 e. The second-order valence-corrected chi connectivity index (χ2v) is 16.9. The molecule has 17 atom stereocenters. The van der Waals surface area contributed by atoms with E-state index < -0.39 is 137 Å². The molecule has 0 aliphatic carbocycles. The Morgan fingerprint density at radius 1 is 0.552 bits per heavy atom. The highest BCUT2D eigenvalue weighted by Crippen LogP contribution is 2.33. The lowest BCUT2D eigenvalue weighted by Crippen LogP contribution is -2.66. The highest BCUT2D eigenvalue weighted by Gasteiger charge is 2.53. The van der Waals surface area contributed by atoms with Gasteiger partial charge in [-0.1, -0.05) is 112 Å². The van der Waals surface area contributed by atoms with Crippen molar-refractivity contribution < 1.29 is 89.4 Å². The second-order valence-electron chi connectivity index (χ2n) is 16.9. The topological polar surface area (TPSA) is 307 Å². The van der Waals surface area contributed by atoms with Gasteiger partial charge in [-0.3, -0.25) is 4.79 Å². The van der Waals surface area contributed by atoms with Crippen molar-refractivity contribution in [3.05, 3.63) is 72.9 Å². The van der Waals surface area contributed by atoms with E-state index in [-0.39, 0.29) is 6.42 Å². The van der Waals surface area contributed by atoms with Gasteiger partial charge in [0.05, 0.1) is 38.6 Å². The molecule has 19 nitrogen and oxygen atoms in total. The highest BCUT2D eigenvalue weighted by molar-refractivity contribution is 5.77. The zero-order valence-corrected chi connectivity index (χ0v) is 38.8. The predicted octanol–water partition coefficient (Wildman–Crippen LogP) is 0.355. The van der Waals surface area contributed by atoms with E-state index in [1.807, 2.05) is 24.3 Å². The molecule has 17 unspecified atom stereocenters. The molecule has 384 valence electrons. The van der Waals surface area contributed by atoms with Crippen LogP contribution in [0, 0.1) is 0 Å². The van der Waals surface area contributed by atoms with Crippen molar-refractivity contribution >= 4 is 5.91 Å². The number of hydrogen-bond acceptors (Lipinski definition) is 18. The summed E-state index contributed by atoms with van der Waals surface area (Å²) >= 11 is 0. The Bertz CT molecular complexity index is 1520. The molecule has 3 rings (SSSR count). The third-order valence-electron chi connectivity index (χ3n) is 11.5. The third kappa shape index (κ3) is 19.5. The summed E-state index contributed by atoms with van der Waals surface area (Å²) in [5.74, 6) is -0.413. The van der Waals surface area contributed by atoms with Crippen LogP contribution >= 0.6 is 0 Å². The standard InChI is InChI=1S/C48H79NO18/c1-3-5-7-9-11-12-13-14-15-16-17-18-20-22-24-26-36(54)49-31(32(53)25-23-21-19-10-8-6-4-2)30-62-46-42(60)39(57)44(34(28-51)64-46)67-48-43(61)40(58)45(35(29-52)65-48)66-47-41(59)38(56)37(55)33(27-50)63-47/h5,7,11-12,14-15,17-18,22-25,31-35,37-48,50-53,55-61H,3-4,6,8-10,13,16,19-21,26-30H2,1-2H3,(H,49,54)/b7-5-,12-11-,15-14-,18-17-,24-22-,25-23+. The molecule has 0 aromatic carbocycles. The van der Waals surface area contributed by atoms with Gasteiger partial charge in [-0.15, -0.1) is 0 Å². The maximum absolute atomic E-state index is 13.1. The number of amides is 1. The summed E-state index contributed by atoms with van der Waals surface area (Å²) in [5, 5.41) is 119. The number of carbonyl (C=O) groups excluding carboxylic acids is 1. The van der Waals surface area contributed by atoms with Gasteiger partial charge in [0, 0.05) is 6.42 Å². The van der Waals surface area contributed by atoms with E-state index in [0.717, 1.165) is 57.8 Å². The van der Waals surface area contributed by atoms with Gasteiger partial charge >= 0.3 is 0 Å². The number of allylic oxidation sites excluding steroid dienone is 10. The van der Waals surface area contributed by atoms with Crippen molar-refractivity contribution in [1.82, 2.24) is 5.32 Å². The lowest BCUT2D eigenvalue weighted by Gasteiger charge is -2.48. The van der Waals surface area contributed by atoms with Crippen molar-refractivity contribution in [2.24, 2.45) is 0 Å². The highest BCUT2D eigenvalue weighted by atomic mass is 16.8. The van der Waals surface area contributed by atoms with Gasteiger partial charge in [-0.05, 0) is 44.9 Å². The summed E-state index contributed by atoms with van der Waals surface area (Å²) in [4.78, 5) is 13.1. The molecule has 3 heterocycles. The SMILES string of the molecule is CC/C=C\C/C=C\C/C=C\C/C=C\C/C=C\CC(=O)NC(COC1OC(CO)C(OC2OC(CO)C(OC3OC(CO)C(O)C(O)C3O)C(O)C2O)C(O)C1O)C(O)/C=C/CCCCCCC. The molecule has 3 aliphatic rings. The summed E-state index contributed by atoms with van der Waals surface area (Å²) in [6, 6.07) is -1.03. The molecule has 3 aliphatic heterocycles. The van der Waals surface area contributed by atoms with Crippen LogP contribution < -0.4 is 5.32 Å². The Morgan fingerprint density at radius 3 is 1.54 bits per heavy atom. The van der Waals surface area contributed by atoms with Gasteiger partial charge < -0.3 is 89.9 Å². The minimum atomic E-state index is -1.99. The van der Waals surface area contributed by atoms with E-state index in [1.54, 1.807) is 12.2 Å². The average molecular weight is 958 g/mol. The normalized spacial score (nSPS) is 34.1. The van der Waals surface area contributed by atoms with E-state index >= 15 is 0 Å². The first kappa shape index (κ1) is 58.5. The lowest BCUT2D eigenvalue weighted by atomic mass is 9.96.